The van der Waals surface area contributed by atoms with Gasteiger partial charge >= 0.3 is 17.9 Å². The van der Waals surface area contributed by atoms with Crippen LogP contribution in [0.5, 0.6) is 0 Å². The largest absolute Gasteiger partial charge is 0.463 e. The SMILES string of the molecule is COC1(C)OC2[C@H](OC(COC(C)=O)[C@@H](OC(C)=O)[C@H]2OC(C)=O)O1. The molecule has 0 aromatic rings. The zero-order valence-corrected chi connectivity index (χ0v) is 14.7. The van der Waals surface area contributed by atoms with E-state index < -0.39 is 54.6 Å². The molecule has 10 nitrogen and oxygen atoms in total. The highest BCUT2D eigenvalue weighted by Crippen LogP contribution is 2.39. The second kappa shape index (κ2) is 7.65. The molecule has 0 saturated carbocycles. The molecular weight excluding hydrogens is 340 g/mol. The van der Waals surface area contributed by atoms with E-state index in [1.165, 1.54) is 34.8 Å². The third kappa shape index (κ3) is 4.66. The molecule has 2 fully saturated rings. The fraction of sp³-hybridized carbons (Fsp3) is 0.800. The Morgan fingerprint density at radius 1 is 0.960 bits per heavy atom. The molecule has 2 aliphatic heterocycles. The zero-order valence-electron chi connectivity index (χ0n) is 14.7. The van der Waals surface area contributed by atoms with Gasteiger partial charge in [-0.3, -0.25) is 19.1 Å². The van der Waals surface area contributed by atoms with Crippen molar-refractivity contribution >= 4 is 17.9 Å². The van der Waals surface area contributed by atoms with Crippen molar-refractivity contribution in [1.82, 2.24) is 0 Å². The van der Waals surface area contributed by atoms with Gasteiger partial charge in [0.15, 0.2) is 24.6 Å². The third-order valence-electron chi connectivity index (χ3n) is 3.70. The molecule has 0 aromatic carbocycles. The van der Waals surface area contributed by atoms with Crippen molar-refractivity contribution in [2.75, 3.05) is 13.7 Å². The van der Waals surface area contributed by atoms with E-state index >= 15 is 0 Å². The summed E-state index contributed by atoms with van der Waals surface area (Å²) >= 11 is 0. The minimum atomic E-state index is -1.43. The van der Waals surface area contributed by atoms with E-state index in [2.05, 4.69) is 0 Å². The molecule has 2 rings (SSSR count). The van der Waals surface area contributed by atoms with Gasteiger partial charge in [-0.2, -0.15) is 0 Å². The van der Waals surface area contributed by atoms with Crippen LogP contribution in [-0.4, -0.2) is 68.3 Å². The van der Waals surface area contributed by atoms with Gasteiger partial charge in [-0.1, -0.05) is 0 Å². The van der Waals surface area contributed by atoms with Gasteiger partial charge in [0.2, 0.25) is 0 Å². The first kappa shape index (κ1) is 19.6. The Kier molecular flexibility index (Phi) is 5.99. The van der Waals surface area contributed by atoms with E-state index in [0.29, 0.717) is 0 Å². The van der Waals surface area contributed by atoms with Crippen LogP contribution in [0.1, 0.15) is 27.7 Å². The van der Waals surface area contributed by atoms with Crippen molar-refractivity contribution in [3.8, 4) is 0 Å². The van der Waals surface area contributed by atoms with Crippen molar-refractivity contribution in [3.05, 3.63) is 0 Å². The van der Waals surface area contributed by atoms with E-state index in [4.69, 9.17) is 33.2 Å². The van der Waals surface area contributed by atoms with Crippen LogP contribution in [-0.2, 0) is 47.5 Å². The number of carbonyl (C=O) groups excluding carboxylic acids is 3. The third-order valence-corrected chi connectivity index (χ3v) is 3.70. The van der Waals surface area contributed by atoms with Crippen molar-refractivity contribution in [1.29, 1.82) is 0 Å². The Labute approximate surface area is 144 Å². The number of hydrogen-bond donors (Lipinski definition) is 0. The normalized spacial score (nSPS) is 37.1. The van der Waals surface area contributed by atoms with Gasteiger partial charge in [0, 0.05) is 34.8 Å². The number of hydrogen-bond acceptors (Lipinski definition) is 10. The van der Waals surface area contributed by atoms with Crippen LogP contribution in [0.2, 0.25) is 0 Å². The summed E-state index contributed by atoms with van der Waals surface area (Å²) in [6, 6.07) is 0. The molecule has 0 bridgehead atoms. The van der Waals surface area contributed by atoms with Crippen LogP contribution in [0.4, 0.5) is 0 Å². The minimum Gasteiger partial charge on any atom is -0.463 e. The van der Waals surface area contributed by atoms with E-state index in [1.807, 2.05) is 0 Å². The summed E-state index contributed by atoms with van der Waals surface area (Å²) in [4.78, 5) is 34.1. The topological polar surface area (TPSA) is 116 Å². The molecule has 2 aliphatic rings. The lowest BCUT2D eigenvalue weighted by atomic mass is 9.98. The summed E-state index contributed by atoms with van der Waals surface area (Å²) in [6.07, 6.45) is -4.86. The van der Waals surface area contributed by atoms with Crippen LogP contribution in [0.3, 0.4) is 0 Å². The second-order valence-corrected chi connectivity index (χ2v) is 5.76. The molecule has 6 atom stereocenters. The van der Waals surface area contributed by atoms with E-state index in [0.717, 1.165) is 0 Å². The quantitative estimate of drug-likeness (QED) is 0.484. The smallest absolute Gasteiger partial charge is 0.303 e. The Hall–Kier alpha value is -1.75. The fourth-order valence-corrected chi connectivity index (χ4v) is 2.67. The monoisotopic (exact) mass is 362 g/mol. The van der Waals surface area contributed by atoms with Gasteiger partial charge in [0.1, 0.15) is 12.7 Å². The van der Waals surface area contributed by atoms with Crippen molar-refractivity contribution < 1.29 is 47.5 Å². The molecule has 2 saturated heterocycles. The summed E-state index contributed by atoms with van der Waals surface area (Å²) in [7, 11) is 1.37. The van der Waals surface area contributed by atoms with Crippen LogP contribution in [0, 0.1) is 0 Å². The average molecular weight is 362 g/mol. The highest BCUT2D eigenvalue weighted by molar-refractivity contribution is 5.67. The van der Waals surface area contributed by atoms with Crippen LogP contribution < -0.4 is 0 Å². The van der Waals surface area contributed by atoms with Crippen molar-refractivity contribution in [3.63, 3.8) is 0 Å². The molecule has 0 aliphatic carbocycles. The fourth-order valence-electron chi connectivity index (χ4n) is 2.67. The van der Waals surface area contributed by atoms with Gasteiger partial charge in [0.05, 0.1) is 0 Å². The molecule has 0 spiro atoms. The number of methoxy groups -OCH3 is 1. The van der Waals surface area contributed by atoms with Crippen molar-refractivity contribution in [2.24, 2.45) is 0 Å². The van der Waals surface area contributed by atoms with E-state index in [1.54, 1.807) is 0 Å². The van der Waals surface area contributed by atoms with Gasteiger partial charge in [-0.05, 0) is 0 Å². The Bertz CT molecular complexity index is 534. The molecule has 10 heteroatoms. The summed E-state index contributed by atoms with van der Waals surface area (Å²) in [6.45, 7) is 4.93. The standard InChI is InChI=1S/C15H22O10/c1-7(16)20-6-10-11(21-8(2)17)12(22-9(3)18)13-14(23-10)25-15(4,19-5)24-13/h10-14H,6H2,1-5H3/t10?,11-,12-,13?,14-,15?/m1/s1. The van der Waals surface area contributed by atoms with E-state index in [9.17, 15) is 14.4 Å². The van der Waals surface area contributed by atoms with Gasteiger partial charge in [-0.15, -0.1) is 0 Å². The number of carbonyl (C=O) groups is 3. The average Bonchev–Trinajstić information content (AvgIpc) is 2.84. The summed E-state index contributed by atoms with van der Waals surface area (Å²) in [5, 5.41) is 0. The molecule has 0 radical (unpaired) electrons. The van der Waals surface area contributed by atoms with Crippen LogP contribution in [0.25, 0.3) is 0 Å². The first-order valence-corrected chi connectivity index (χ1v) is 7.69. The molecular formula is C15H22O10. The predicted molar refractivity (Wildman–Crippen MR) is 77.8 cm³/mol. The molecule has 2 heterocycles. The highest BCUT2D eigenvalue weighted by atomic mass is 16.9. The lowest BCUT2D eigenvalue weighted by molar-refractivity contribution is -0.334. The first-order valence-electron chi connectivity index (χ1n) is 7.69. The van der Waals surface area contributed by atoms with Crippen molar-refractivity contribution in [2.45, 2.75) is 64.4 Å². The number of rotatable bonds is 5. The van der Waals surface area contributed by atoms with E-state index in [-0.39, 0.29) is 6.61 Å². The molecule has 0 amide bonds. The lowest BCUT2D eigenvalue weighted by Crippen LogP contribution is -2.60. The molecule has 0 N–H and O–H groups in total. The molecule has 142 valence electrons. The van der Waals surface area contributed by atoms with Gasteiger partial charge in [-0.25, -0.2) is 0 Å². The van der Waals surface area contributed by atoms with Crippen LogP contribution >= 0.6 is 0 Å². The second-order valence-electron chi connectivity index (χ2n) is 5.76. The Morgan fingerprint density at radius 3 is 2.08 bits per heavy atom. The Balaban J connectivity index is 2.29. The maximum absolute atomic E-state index is 11.5. The van der Waals surface area contributed by atoms with Gasteiger partial charge in [0.25, 0.3) is 5.97 Å². The maximum atomic E-state index is 11.5. The summed E-state index contributed by atoms with van der Waals surface area (Å²) in [5.74, 6) is -3.19. The summed E-state index contributed by atoms with van der Waals surface area (Å²) in [5.41, 5.74) is 0. The number of ether oxygens (including phenoxy) is 7. The first-order chi connectivity index (χ1) is 11.6. The Morgan fingerprint density at radius 2 is 1.56 bits per heavy atom. The lowest BCUT2D eigenvalue weighted by Gasteiger charge is -2.40. The highest BCUT2D eigenvalue weighted by Gasteiger charge is 2.59. The zero-order chi connectivity index (χ0) is 18.8. The maximum Gasteiger partial charge on any atom is 0.303 e. The van der Waals surface area contributed by atoms with Gasteiger partial charge < -0.3 is 28.4 Å². The number of fused-ring (bicyclic) bond motifs is 1. The predicted octanol–water partition coefficient (Wildman–Crippen LogP) is -0.127. The molecule has 25 heavy (non-hydrogen) atoms. The summed E-state index contributed by atoms with van der Waals surface area (Å²) < 4.78 is 37.6. The minimum absolute atomic E-state index is 0.221. The number of esters is 3. The molecule has 0 aromatic heterocycles. The van der Waals surface area contributed by atoms with Crippen LogP contribution in [0.15, 0.2) is 0 Å². The molecule has 3 unspecified atom stereocenters.